The largest absolute Gasteiger partial charge is 0.368 e. The van der Waals surface area contributed by atoms with Crippen molar-refractivity contribution in [3.8, 4) is 5.00 Å². The molecule has 5 aromatic rings. The van der Waals surface area contributed by atoms with Crippen LogP contribution in [0.1, 0.15) is 80.9 Å². The predicted molar refractivity (Wildman–Crippen MR) is 218 cm³/mol. The Bertz CT molecular complexity index is 2620. The summed E-state index contributed by atoms with van der Waals surface area (Å²) in [6.45, 7) is 7.49. The summed E-state index contributed by atoms with van der Waals surface area (Å²) >= 11 is 7.90. The van der Waals surface area contributed by atoms with E-state index in [1.54, 1.807) is 46.6 Å². The molecule has 0 radical (unpaired) electrons. The first-order valence-electron chi connectivity index (χ1n) is 18.8. The number of aromatic nitrogens is 3. The van der Waals surface area contributed by atoms with Gasteiger partial charge in [-0.3, -0.25) is 24.0 Å². The molecule has 3 N–H and O–H groups in total. The fraction of sp³-hybridized carbons (Fsp3) is 0.293. The van der Waals surface area contributed by atoms with Gasteiger partial charge in [0.1, 0.15) is 16.9 Å². The van der Waals surface area contributed by atoms with E-state index in [2.05, 4.69) is 50.0 Å². The maximum Gasteiger partial charge on any atom is 0.368 e. The van der Waals surface area contributed by atoms with E-state index in [0.29, 0.717) is 64.6 Å². The molecule has 8 rings (SSSR count). The van der Waals surface area contributed by atoms with Gasteiger partial charge in [-0.25, -0.2) is 9.59 Å². The number of halogens is 1. The minimum atomic E-state index is -0.565. The minimum absolute atomic E-state index is 0.113. The van der Waals surface area contributed by atoms with E-state index in [1.807, 2.05) is 41.8 Å². The van der Waals surface area contributed by atoms with Gasteiger partial charge in [-0.1, -0.05) is 29.8 Å². The number of amides is 6. The van der Waals surface area contributed by atoms with Crippen molar-refractivity contribution in [2.75, 3.05) is 29.9 Å². The Kier molecular flexibility index (Phi) is 10.5. The number of urea groups is 2. The second kappa shape index (κ2) is 15.8. The number of rotatable bonds is 11. The molecular formula is C41H39ClN10O4S. The van der Waals surface area contributed by atoms with Crippen molar-refractivity contribution in [3.05, 3.63) is 121 Å². The Morgan fingerprint density at radius 1 is 0.912 bits per heavy atom. The molecule has 0 saturated carbocycles. The van der Waals surface area contributed by atoms with Crippen LogP contribution in [0.2, 0.25) is 5.02 Å². The molecule has 3 aliphatic rings. The fourth-order valence-electron chi connectivity index (χ4n) is 7.40. The van der Waals surface area contributed by atoms with Crippen LogP contribution in [0.15, 0.2) is 75.6 Å². The number of carbonyl (C=O) groups is 4. The summed E-state index contributed by atoms with van der Waals surface area (Å²) in [4.78, 5) is 66.9. The normalized spacial score (nSPS) is 15.0. The van der Waals surface area contributed by atoms with Gasteiger partial charge in [-0.05, 0) is 100 Å². The van der Waals surface area contributed by atoms with Crippen molar-refractivity contribution >= 4 is 63.9 Å². The Morgan fingerprint density at radius 2 is 1.68 bits per heavy atom. The zero-order valence-electron chi connectivity index (χ0n) is 31.6. The van der Waals surface area contributed by atoms with E-state index in [-0.39, 0.29) is 24.3 Å². The Hall–Kier alpha value is -6.06. The van der Waals surface area contributed by atoms with Crippen LogP contribution in [0, 0.1) is 20.8 Å². The number of thiophene rings is 1. The van der Waals surface area contributed by atoms with Crippen molar-refractivity contribution in [1.82, 2.24) is 25.4 Å². The molecule has 1 atom stereocenters. The smallest absolute Gasteiger partial charge is 0.356 e. The Balaban J connectivity index is 0.830. The summed E-state index contributed by atoms with van der Waals surface area (Å²) in [7, 11) is 0. The van der Waals surface area contributed by atoms with Crippen LogP contribution in [0.3, 0.4) is 0 Å². The van der Waals surface area contributed by atoms with E-state index < -0.39 is 12.1 Å². The molecule has 57 heavy (non-hydrogen) atoms. The highest BCUT2D eigenvalue weighted by Crippen LogP contribution is 2.39. The number of fused-ring (bicyclic) bond motifs is 5. The maximum absolute atomic E-state index is 13.3. The van der Waals surface area contributed by atoms with E-state index in [4.69, 9.17) is 16.6 Å². The lowest BCUT2D eigenvalue weighted by Gasteiger charge is -2.18. The third-order valence-corrected chi connectivity index (χ3v) is 11.8. The molecule has 3 aliphatic heterocycles. The second-order valence-corrected chi connectivity index (χ2v) is 15.8. The molecule has 5 heterocycles. The highest BCUT2D eigenvalue weighted by atomic mass is 35.5. The maximum atomic E-state index is 13.3. The molecule has 16 heteroatoms. The molecule has 0 spiro atoms. The molecule has 0 fully saturated rings. The second-order valence-electron chi connectivity index (χ2n) is 14.1. The van der Waals surface area contributed by atoms with Crippen molar-refractivity contribution < 1.29 is 19.2 Å². The highest BCUT2D eigenvalue weighted by Gasteiger charge is 2.33. The van der Waals surface area contributed by atoms with Gasteiger partial charge >= 0.3 is 12.1 Å². The van der Waals surface area contributed by atoms with Gasteiger partial charge in [-0.15, -0.1) is 21.5 Å². The zero-order chi connectivity index (χ0) is 39.8. The molecule has 14 nitrogen and oxygen atoms in total. The summed E-state index contributed by atoms with van der Waals surface area (Å²) in [6.07, 6.45) is 2.93. The lowest BCUT2D eigenvalue weighted by Crippen LogP contribution is -2.34. The Labute approximate surface area is 336 Å². The van der Waals surface area contributed by atoms with Gasteiger partial charge < -0.3 is 16.0 Å². The van der Waals surface area contributed by atoms with Crippen LogP contribution in [0.25, 0.3) is 5.00 Å². The first-order valence-corrected chi connectivity index (χ1v) is 20.0. The van der Waals surface area contributed by atoms with Gasteiger partial charge in [-0.2, -0.15) is 9.98 Å². The van der Waals surface area contributed by atoms with Gasteiger partial charge in [0.25, 0.3) is 5.91 Å². The van der Waals surface area contributed by atoms with Crippen LogP contribution in [-0.4, -0.2) is 64.0 Å². The first kappa shape index (κ1) is 37.8. The van der Waals surface area contributed by atoms with Crippen molar-refractivity contribution in [3.63, 3.8) is 0 Å². The lowest BCUT2D eigenvalue weighted by molar-refractivity contribution is -0.121. The molecule has 0 unspecified atom stereocenters. The number of hydrogen-bond acceptors (Lipinski definition) is 8. The SMILES string of the molecule is Cc1sc2c(c1C)C(c1ccc(Cl)cc1)=N[C@@H](CC(=O)NCCCCCNC(=O)c1cccc3c1CCN3C(=O)Nc1ccc3c(c1)=NC(=O)N=3)c1nnc(C)n1-2. The quantitative estimate of drug-likeness (QED) is 0.141. The summed E-state index contributed by atoms with van der Waals surface area (Å²) in [5.74, 6) is 1.04. The van der Waals surface area contributed by atoms with Gasteiger partial charge in [0.15, 0.2) is 5.82 Å². The van der Waals surface area contributed by atoms with E-state index in [0.717, 1.165) is 58.1 Å². The number of carbonyl (C=O) groups excluding carboxylic acids is 4. The van der Waals surface area contributed by atoms with E-state index >= 15 is 0 Å². The van der Waals surface area contributed by atoms with Crippen molar-refractivity contribution in [2.24, 2.45) is 15.0 Å². The molecule has 3 aromatic carbocycles. The molecule has 6 amide bonds. The van der Waals surface area contributed by atoms with E-state index in [9.17, 15) is 19.2 Å². The number of nitrogens with one attached hydrogen (secondary N) is 3. The van der Waals surface area contributed by atoms with Crippen molar-refractivity contribution in [1.29, 1.82) is 0 Å². The Morgan fingerprint density at radius 3 is 2.49 bits per heavy atom. The van der Waals surface area contributed by atoms with Crippen LogP contribution in [0.5, 0.6) is 0 Å². The van der Waals surface area contributed by atoms with E-state index in [1.165, 1.54) is 4.88 Å². The number of aryl methyl sites for hydroxylation is 2. The zero-order valence-corrected chi connectivity index (χ0v) is 33.1. The average Bonchev–Trinajstić information content (AvgIpc) is 3.95. The standard InChI is InChI=1S/C41H39ClN10O4S/c1-22-23(2)57-39-35(22)36(25-10-12-26(42)13-11-25)46-32(37-50-49-24(3)52(37)39)21-34(53)43-17-5-4-6-18-44-38(54)29-8-7-9-33-28(29)16-19-51(33)41(56)45-27-14-15-30-31(20-27)48-40(55)47-30/h7-15,20,32H,4-6,16-19,21H2,1-3H3,(H,43,53)(H,44,54)(H,45,56)/t32-/m0/s1. The average molecular weight is 803 g/mol. The predicted octanol–water partition coefficient (Wildman–Crippen LogP) is 5.87. The van der Waals surface area contributed by atoms with Crippen LogP contribution in [0.4, 0.5) is 21.0 Å². The molecular weight excluding hydrogens is 764 g/mol. The fourth-order valence-corrected chi connectivity index (χ4v) is 8.74. The molecule has 290 valence electrons. The number of nitrogens with zero attached hydrogens (tertiary/aromatic N) is 7. The summed E-state index contributed by atoms with van der Waals surface area (Å²) in [5.41, 5.74) is 6.39. The molecule has 2 aromatic heterocycles. The lowest BCUT2D eigenvalue weighted by atomic mass is 9.99. The summed E-state index contributed by atoms with van der Waals surface area (Å²) < 4.78 is 2.03. The molecule has 0 saturated heterocycles. The molecule has 0 aliphatic carbocycles. The van der Waals surface area contributed by atoms with Crippen LogP contribution in [-0.2, 0) is 11.2 Å². The molecule has 0 bridgehead atoms. The number of aliphatic imine (C=N–C) groups is 1. The van der Waals surface area contributed by atoms with Gasteiger partial charge in [0.2, 0.25) is 5.91 Å². The number of anilines is 2. The van der Waals surface area contributed by atoms with Crippen LogP contribution < -0.4 is 31.6 Å². The summed E-state index contributed by atoms with van der Waals surface area (Å²) in [6, 6.07) is 16.4. The topological polar surface area (TPSA) is 175 Å². The first-order chi connectivity index (χ1) is 27.5. The van der Waals surface area contributed by atoms with Crippen LogP contribution >= 0.6 is 22.9 Å². The summed E-state index contributed by atoms with van der Waals surface area (Å²) in [5, 5.41) is 20.3. The third kappa shape index (κ3) is 7.59. The van der Waals surface area contributed by atoms with Crippen molar-refractivity contribution in [2.45, 2.75) is 58.9 Å². The number of unbranched alkanes of at least 4 members (excludes halogenated alkanes) is 2. The minimum Gasteiger partial charge on any atom is -0.356 e. The highest BCUT2D eigenvalue weighted by molar-refractivity contribution is 7.15. The van der Waals surface area contributed by atoms with Gasteiger partial charge in [0.05, 0.1) is 22.8 Å². The third-order valence-electron chi connectivity index (χ3n) is 10.4. The number of hydrogen-bond donors (Lipinski definition) is 3. The number of benzene rings is 3. The van der Waals surface area contributed by atoms with Gasteiger partial charge in [0, 0.05) is 57.6 Å². The monoisotopic (exact) mass is 802 g/mol.